The van der Waals surface area contributed by atoms with Gasteiger partial charge in [0, 0.05) is 25.2 Å². The van der Waals surface area contributed by atoms with Gasteiger partial charge in [-0.3, -0.25) is 0 Å². The number of carbonyl (C=O) groups is 1. The average molecular weight is 294 g/mol. The van der Waals surface area contributed by atoms with Crippen LogP contribution in [-0.2, 0) is 4.74 Å². The van der Waals surface area contributed by atoms with Crippen LogP contribution in [0, 0.1) is 0 Å². The zero-order valence-electron chi connectivity index (χ0n) is 12.9. The molecular weight excluding hydrogens is 272 g/mol. The normalized spacial score (nSPS) is 18.5. The van der Waals surface area contributed by atoms with Crippen molar-refractivity contribution in [3.63, 3.8) is 0 Å². The fraction of sp³-hybridized carbons (Fsp3) is 0.643. The Balaban J connectivity index is 1.89. The maximum Gasteiger partial charge on any atom is 0.410 e. The summed E-state index contributed by atoms with van der Waals surface area (Å²) in [6, 6.07) is 1.88. The fourth-order valence-electron chi connectivity index (χ4n) is 2.11. The van der Waals surface area contributed by atoms with Crippen molar-refractivity contribution < 1.29 is 14.3 Å². The SMILES string of the molecule is COc1cc(N[C@H]2CCN(C(=O)OC(C)(C)C)C2)ncn1. The topological polar surface area (TPSA) is 76.6 Å². The minimum Gasteiger partial charge on any atom is -0.481 e. The molecule has 1 fully saturated rings. The van der Waals surface area contributed by atoms with Crippen LogP contribution in [0.4, 0.5) is 10.6 Å². The number of amides is 1. The van der Waals surface area contributed by atoms with Crippen LogP contribution in [-0.4, -0.2) is 52.8 Å². The predicted molar refractivity (Wildman–Crippen MR) is 78.4 cm³/mol. The van der Waals surface area contributed by atoms with E-state index in [-0.39, 0.29) is 12.1 Å². The standard InChI is InChI=1S/C14H22N4O3/c1-14(2,3)21-13(19)18-6-5-10(8-18)17-11-7-12(20-4)16-9-15-11/h7,9-10H,5-6,8H2,1-4H3,(H,15,16,17)/t10-/m0/s1. The maximum absolute atomic E-state index is 12.0. The largest absolute Gasteiger partial charge is 0.481 e. The van der Waals surface area contributed by atoms with Gasteiger partial charge in [-0.15, -0.1) is 0 Å². The van der Waals surface area contributed by atoms with Gasteiger partial charge in [0.15, 0.2) is 0 Å². The number of aromatic nitrogens is 2. The third-order valence-corrected chi connectivity index (χ3v) is 3.04. The van der Waals surface area contributed by atoms with Crippen LogP contribution >= 0.6 is 0 Å². The minimum atomic E-state index is -0.470. The molecule has 1 atom stereocenters. The molecule has 1 aliphatic heterocycles. The molecule has 7 heteroatoms. The monoisotopic (exact) mass is 294 g/mol. The summed E-state index contributed by atoms with van der Waals surface area (Å²) in [4.78, 5) is 21.8. The Bertz CT molecular complexity index is 501. The number of ether oxygens (including phenoxy) is 2. The fourth-order valence-corrected chi connectivity index (χ4v) is 2.11. The molecular formula is C14H22N4O3. The molecule has 2 heterocycles. The molecule has 1 N–H and O–H groups in total. The van der Waals surface area contributed by atoms with Gasteiger partial charge in [-0.1, -0.05) is 0 Å². The Morgan fingerprint density at radius 1 is 1.43 bits per heavy atom. The lowest BCUT2D eigenvalue weighted by Gasteiger charge is -2.24. The van der Waals surface area contributed by atoms with E-state index in [9.17, 15) is 4.79 Å². The first-order chi connectivity index (χ1) is 9.87. The molecule has 0 unspecified atom stereocenters. The molecule has 1 aromatic heterocycles. The molecule has 0 radical (unpaired) electrons. The van der Waals surface area contributed by atoms with Crippen LogP contribution in [0.1, 0.15) is 27.2 Å². The molecule has 1 saturated heterocycles. The zero-order chi connectivity index (χ0) is 15.5. The van der Waals surface area contributed by atoms with E-state index in [1.54, 1.807) is 18.1 Å². The van der Waals surface area contributed by atoms with Crippen molar-refractivity contribution in [1.29, 1.82) is 0 Å². The van der Waals surface area contributed by atoms with Crippen molar-refractivity contribution in [3.8, 4) is 5.88 Å². The number of likely N-dealkylation sites (tertiary alicyclic amines) is 1. The molecule has 1 amide bonds. The second kappa shape index (κ2) is 6.15. The Morgan fingerprint density at radius 3 is 2.86 bits per heavy atom. The third kappa shape index (κ3) is 4.47. The van der Waals surface area contributed by atoms with E-state index >= 15 is 0 Å². The summed E-state index contributed by atoms with van der Waals surface area (Å²) in [5, 5.41) is 3.28. The molecule has 21 heavy (non-hydrogen) atoms. The number of methoxy groups -OCH3 is 1. The number of hydrogen-bond donors (Lipinski definition) is 1. The van der Waals surface area contributed by atoms with Crippen LogP contribution in [0.15, 0.2) is 12.4 Å². The molecule has 116 valence electrons. The second-order valence-corrected chi connectivity index (χ2v) is 6.00. The lowest BCUT2D eigenvalue weighted by molar-refractivity contribution is 0.0293. The van der Waals surface area contributed by atoms with Gasteiger partial charge < -0.3 is 19.7 Å². The van der Waals surface area contributed by atoms with E-state index in [4.69, 9.17) is 9.47 Å². The summed E-state index contributed by atoms with van der Waals surface area (Å²) < 4.78 is 10.4. The van der Waals surface area contributed by atoms with Crippen molar-refractivity contribution in [1.82, 2.24) is 14.9 Å². The molecule has 7 nitrogen and oxygen atoms in total. The lowest BCUT2D eigenvalue weighted by atomic mass is 10.2. The average Bonchev–Trinajstić information content (AvgIpc) is 2.85. The Labute approximate surface area is 124 Å². The highest BCUT2D eigenvalue weighted by Gasteiger charge is 2.29. The number of rotatable bonds is 3. The number of nitrogens with one attached hydrogen (secondary N) is 1. The summed E-state index contributed by atoms with van der Waals surface area (Å²) in [5.74, 6) is 1.20. The van der Waals surface area contributed by atoms with Crippen molar-refractivity contribution >= 4 is 11.9 Å². The van der Waals surface area contributed by atoms with Gasteiger partial charge in [-0.25, -0.2) is 14.8 Å². The summed E-state index contributed by atoms with van der Waals surface area (Å²) >= 11 is 0. The highest BCUT2D eigenvalue weighted by atomic mass is 16.6. The third-order valence-electron chi connectivity index (χ3n) is 3.04. The van der Waals surface area contributed by atoms with Gasteiger partial charge >= 0.3 is 6.09 Å². The number of hydrogen-bond acceptors (Lipinski definition) is 6. The van der Waals surface area contributed by atoms with Crippen LogP contribution in [0.25, 0.3) is 0 Å². The molecule has 2 rings (SSSR count). The summed E-state index contributed by atoms with van der Waals surface area (Å²) in [5.41, 5.74) is -0.470. The van der Waals surface area contributed by atoms with E-state index in [2.05, 4.69) is 15.3 Å². The predicted octanol–water partition coefficient (Wildman–Crippen LogP) is 1.91. The maximum atomic E-state index is 12.0. The molecule has 0 saturated carbocycles. The van der Waals surface area contributed by atoms with E-state index in [0.29, 0.717) is 24.8 Å². The van der Waals surface area contributed by atoms with Crippen molar-refractivity contribution in [2.45, 2.75) is 38.8 Å². The minimum absolute atomic E-state index is 0.150. The van der Waals surface area contributed by atoms with Gasteiger partial charge in [-0.2, -0.15) is 0 Å². The Morgan fingerprint density at radius 2 is 2.19 bits per heavy atom. The van der Waals surface area contributed by atoms with E-state index < -0.39 is 5.60 Å². The number of carbonyl (C=O) groups excluding carboxylic acids is 1. The Hall–Kier alpha value is -2.05. The molecule has 1 aromatic rings. The first-order valence-corrected chi connectivity index (χ1v) is 6.98. The van der Waals surface area contributed by atoms with Gasteiger partial charge in [0.1, 0.15) is 17.7 Å². The van der Waals surface area contributed by atoms with Crippen LogP contribution in [0.2, 0.25) is 0 Å². The first kappa shape index (κ1) is 15.3. The quantitative estimate of drug-likeness (QED) is 0.917. The van der Waals surface area contributed by atoms with Crippen LogP contribution < -0.4 is 10.1 Å². The van der Waals surface area contributed by atoms with Gasteiger partial charge in [0.2, 0.25) is 5.88 Å². The number of nitrogens with zero attached hydrogens (tertiary/aromatic N) is 3. The smallest absolute Gasteiger partial charge is 0.410 e. The first-order valence-electron chi connectivity index (χ1n) is 6.98. The summed E-state index contributed by atoms with van der Waals surface area (Å²) in [7, 11) is 1.56. The van der Waals surface area contributed by atoms with Crippen molar-refractivity contribution in [2.75, 3.05) is 25.5 Å². The van der Waals surface area contributed by atoms with Crippen LogP contribution in [0.5, 0.6) is 5.88 Å². The van der Waals surface area contributed by atoms with Gasteiger partial charge in [0.05, 0.1) is 7.11 Å². The summed E-state index contributed by atoms with van der Waals surface area (Å²) in [6.07, 6.45) is 2.03. The Kier molecular flexibility index (Phi) is 4.50. The van der Waals surface area contributed by atoms with Gasteiger partial charge in [0.25, 0.3) is 0 Å². The van der Waals surface area contributed by atoms with E-state index in [1.807, 2.05) is 20.8 Å². The molecule has 0 bridgehead atoms. The zero-order valence-corrected chi connectivity index (χ0v) is 12.9. The van der Waals surface area contributed by atoms with Crippen molar-refractivity contribution in [3.05, 3.63) is 12.4 Å². The van der Waals surface area contributed by atoms with E-state index in [0.717, 1.165) is 6.42 Å². The van der Waals surface area contributed by atoms with Gasteiger partial charge in [-0.05, 0) is 27.2 Å². The van der Waals surface area contributed by atoms with Crippen LogP contribution in [0.3, 0.4) is 0 Å². The highest BCUT2D eigenvalue weighted by molar-refractivity contribution is 5.68. The lowest BCUT2D eigenvalue weighted by Crippen LogP contribution is -2.36. The molecule has 1 aliphatic rings. The molecule has 0 aliphatic carbocycles. The molecule has 0 aromatic carbocycles. The van der Waals surface area contributed by atoms with Crippen molar-refractivity contribution in [2.24, 2.45) is 0 Å². The van der Waals surface area contributed by atoms with E-state index in [1.165, 1.54) is 6.33 Å². The second-order valence-electron chi connectivity index (χ2n) is 6.00. The molecule has 0 spiro atoms. The highest BCUT2D eigenvalue weighted by Crippen LogP contribution is 2.19. The summed E-state index contributed by atoms with van der Waals surface area (Å²) in [6.45, 7) is 6.87. The number of anilines is 1.